The molecule has 4 nitrogen and oxygen atoms in total. The second-order valence-electron chi connectivity index (χ2n) is 4.98. The van der Waals surface area contributed by atoms with Crippen molar-refractivity contribution in [3.8, 4) is 0 Å². The van der Waals surface area contributed by atoms with Crippen LogP contribution in [-0.2, 0) is 9.59 Å². The van der Waals surface area contributed by atoms with Gasteiger partial charge in [0, 0.05) is 22.0 Å². The van der Waals surface area contributed by atoms with Crippen LogP contribution in [0.25, 0.3) is 0 Å². The van der Waals surface area contributed by atoms with Crippen molar-refractivity contribution in [2.24, 2.45) is 0 Å². The fourth-order valence-corrected chi connectivity index (χ4v) is 3.21. The largest absolute Gasteiger partial charge is 0.348 e. The van der Waals surface area contributed by atoms with Gasteiger partial charge in [0.2, 0.25) is 11.8 Å². The summed E-state index contributed by atoms with van der Waals surface area (Å²) in [6.07, 6.45) is 0.200. The zero-order valence-electron chi connectivity index (χ0n) is 12.4. The lowest BCUT2D eigenvalue weighted by Crippen LogP contribution is -2.29. The molecule has 1 atom stereocenters. The highest BCUT2D eigenvalue weighted by molar-refractivity contribution is 9.10. The predicted octanol–water partition coefficient (Wildman–Crippen LogP) is 4.03. The molecule has 0 fully saturated rings. The van der Waals surface area contributed by atoms with Crippen LogP contribution in [0, 0.1) is 6.92 Å². The number of carbonyl (C=O) groups excluding carboxylic acids is 2. The van der Waals surface area contributed by atoms with Gasteiger partial charge in [-0.15, -0.1) is 11.3 Å². The van der Waals surface area contributed by atoms with E-state index in [0.717, 1.165) is 20.6 Å². The molecule has 116 valence electrons. The highest BCUT2D eigenvalue weighted by atomic mass is 79.9. The Morgan fingerprint density at radius 2 is 2.09 bits per heavy atom. The number of hydrogen-bond acceptors (Lipinski definition) is 3. The molecule has 2 amide bonds. The Bertz CT molecular complexity index is 671. The normalized spacial score (nSPS) is 11.8. The van der Waals surface area contributed by atoms with E-state index in [4.69, 9.17) is 0 Å². The van der Waals surface area contributed by atoms with Crippen LogP contribution in [0.2, 0.25) is 0 Å². The first-order valence-corrected chi connectivity index (χ1v) is 8.49. The summed E-state index contributed by atoms with van der Waals surface area (Å²) in [5.74, 6) is -0.279. The molecule has 0 bridgehead atoms. The third-order valence-electron chi connectivity index (χ3n) is 3.13. The van der Waals surface area contributed by atoms with E-state index in [2.05, 4.69) is 26.6 Å². The van der Waals surface area contributed by atoms with Crippen molar-refractivity contribution in [3.05, 3.63) is 50.6 Å². The number of benzene rings is 1. The zero-order chi connectivity index (χ0) is 16.1. The van der Waals surface area contributed by atoms with E-state index >= 15 is 0 Å². The second kappa shape index (κ2) is 7.56. The number of hydrogen-bond donors (Lipinski definition) is 2. The summed E-state index contributed by atoms with van der Waals surface area (Å²) in [5.41, 5.74) is 1.76. The Balaban J connectivity index is 2.08. The molecule has 0 aliphatic rings. The van der Waals surface area contributed by atoms with E-state index < -0.39 is 0 Å². The van der Waals surface area contributed by atoms with Gasteiger partial charge in [-0.2, -0.15) is 0 Å². The monoisotopic (exact) mass is 380 g/mol. The molecular formula is C16H17BrN2O2S. The molecule has 0 aliphatic heterocycles. The highest BCUT2D eigenvalue weighted by Crippen LogP contribution is 2.24. The minimum Gasteiger partial charge on any atom is -0.348 e. The van der Waals surface area contributed by atoms with Gasteiger partial charge in [-0.05, 0) is 36.1 Å². The van der Waals surface area contributed by atoms with E-state index in [0.29, 0.717) is 0 Å². The fraction of sp³-hybridized carbons (Fsp3) is 0.250. The molecule has 1 unspecified atom stereocenters. The second-order valence-corrected chi connectivity index (χ2v) is 6.88. The molecule has 6 heteroatoms. The number of rotatable bonds is 5. The van der Waals surface area contributed by atoms with Gasteiger partial charge in [0.15, 0.2) is 0 Å². The molecule has 0 aliphatic carbocycles. The SMILES string of the molecule is CC(=O)NC(CC(=O)Nc1cc(Br)ccc1C)c1cccs1. The number of aryl methyl sites for hydroxylation is 1. The Kier molecular flexibility index (Phi) is 5.74. The first-order valence-electron chi connectivity index (χ1n) is 6.82. The molecule has 0 saturated heterocycles. The fourth-order valence-electron chi connectivity index (χ4n) is 2.07. The summed E-state index contributed by atoms with van der Waals surface area (Å²) < 4.78 is 0.907. The van der Waals surface area contributed by atoms with Gasteiger partial charge in [-0.25, -0.2) is 0 Å². The average Bonchev–Trinajstić information content (AvgIpc) is 2.95. The van der Waals surface area contributed by atoms with Crippen LogP contribution in [0.1, 0.15) is 29.8 Å². The lowest BCUT2D eigenvalue weighted by molar-refractivity contribution is -0.120. The van der Waals surface area contributed by atoms with Crippen molar-refractivity contribution in [1.82, 2.24) is 5.32 Å². The molecular weight excluding hydrogens is 364 g/mol. The average molecular weight is 381 g/mol. The molecule has 2 N–H and O–H groups in total. The number of nitrogens with one attached hydrogen (secondary N) is 2. The Morgan fingerprint density at radius 1 is 1.32 bits per heavy atom. The standard InChI is InChI=1S/C16H17BrN2O2S/c1-10-5-6-12(17)8-13(10)19-16(21)9-14(18-11(2)20)15-4-3-7-22-15/h3-8,14H,9H2,1-2H3,(H,18,20)(H,19,21). The predicted molar refractivity (Wildman–Crippen MR) is 93.0 cm³/mol. The van der Waals surface area contributed by atoms with E-state index in [1.54, 1.807) is 0 Å². The number of anilines is 1. The number of thiophene rings is 1. The van der Waals surface area contributed by atoms with Gasteiger partial charge >= 0.3 is 0 Å². The molecule has 1 aromatic heterocycles. The van der Waals surface area contributed by atoms with Crippen molar-refractivity contribution in [1.29, 1.82) is 0 Å². The smallest absolute Gasteiger partial charge is 0.226 e. The van der Waals surface area contributed by atoms with Crippen LogP contribution >= 0.6 is 27.3 Å². The van der Waals surface area contributed by atoms with E-state index in [1.165, 1.54) is 18.3 Å². The lowest BCUT2D eigenvalue weighted by Gasteiger charge is -2.17. The van der Waals surface area contributed by atoms with Crippen LogP contribution in [0.4, 0.5) is 5.69 Å². The first kappa shape index (κ1) is 16.7. The van der Waals surface area contributed by atoms with Crippen molar-refractivity contribution in [3.63, 3.8) is 0 Å². The van der Waals surface area contributed by atoms with Crippen molar-refractivity contribution in [2.45, 2.75) is 26.3 Å². The van der Waals surface area contributed by atoms with Gasteiger partial charge < -0.3 is 10.6 Å². The van der Waals surface area contributed by atoms with Gasteiger partial charge in [-0.3, -0.25) is 9.59 Å². The third-order valence-corrected chi connectivity index (χ3v) is 4.61. The number of halogens is 1. The van der Waals surface area contributed by atoms with Gasteiger partial charge in [0.25, 0.3) is 0 Å². The topological polar surface area (TPSA) is 58.2 Å². The van der Waals surface area contributed by atoms with Crippen molar-refractivity contribution < 1.29 is 9.59 Å². The molecule has 0 saturated carbocycles. The van der Waals surface area contributed by atoms with E-state index in [-0.39, 0.29) is 24.3 Å². The number of amides is 2. The van der Waals surface area contributed by atoms with E-state index in [1.807, 2.05) is 42.6 Å². The highest BCUT2D eigenvalue weighted by Gasteiger charge is 2.18. The Labute approximate surface area is 142 Å². The molecule has 1 heterocycles. The van der Waals surface area contributed by atoms with E-state index in [9.17, 15) is 9.59 Å². The first-order chi connectivity index (χ1) is 10.5. The maximum absolute atomic E-state index is 12.3. The molecule has 2 aromatic rings. The number of carbonyl (C=O) groups is 2. The maximum atomic E-state index is 12.3. The van der Waals surface area contributed by atoms with Crippen LogP contribution in [0.5, 0.6) is 0 Å². The summed E-state index contributed by atoms with van der Waals surface area (Å²) in [5, 5.41) is 7.66. The minimum absolute atomic E-state index is 0.131. The molecule has 0 radical (unpaired) electrons. The van der Waals surface area contributed by atoms with Crippen molar-refractivity contribution in [2.75, 3.05) is 5.32 Å². The van der Waals surface area contributed by atoms with Gasteiger partial charge in [0.05, 0.1) is 12.5 Å². The summed E-state index contributed by atoms with van der Waals surface area (Å²) in [7, 11) is 0. The van der Waals surface area contributed by atoms with Gasteiger partial charge in [0.1, 0.15) is 0 Å². The molecule has 2 rings (SSSR count). The quantitative estimate of drug-likeness (QED) is 0.822. The third kappa shape index (κ3) is 4.68. The van der Waals surface area contributed by atoms with Crippen LogP contribution < -0.4 is 10.6 Å². The van der Waals surface area contributed by atoms with Crippen LogP contribution in [-0.4, -0.2) is 11.8 Å². The lowest BCUT2D eigenvalue weighted by atomic mass is 10.1. The minimum atomic E-state index is -0.301. The summed E-state index contributed by atoms with van der Waals surface area (Å²) in [4.78, 5) is 24.6. The molecule has 0 spiro atoms. The van der Waals surface area contributed by atoms with Crippen molar-refractivity contribution >= 4 is 44.8 Å². The van der Waals surface area contributed by atoms with Crippen LogP contribution in [0.3, 0.4) is 0 Å². The Morgan fingerprint density at radius 3 is 2.73 bits per heavy atom. The molecule has 1 aromatic carbocycles. The summed E-state index contributed by atoms with van der Waals surface area (Å²) in [6, 6.07) is 9.26. The zero-order valence-corrected chi connectivity index (χ0v) is 14.8. The van der Waals surface area contributed by atoms with Crippen LogP contribution in [0.15, 0.2) is 40.2 Å². The molecule has 22 heavy (non-hydrogen) atoms. The maximum Gasteiger partial charge on any atom is 0.226 e. The Hall–Kier alpha value is -1.66. The summed E-state index contributed by atoms with van der Waals surface area (Å²) in [6.45, 7) is 3.39. The van der Waals surface area contributed by atoms with Gasteiger partial charge in [-0.1, -0.05) is 28.1 Å². The summed E-state index contributed by atoms with van der Waals surface area (Å²) >= 11 is 4.92.